The van der Waals surface area contributed by atoms with Crippen molar-refractivity contribution in [2.45, 2.75) is 12.3 Å². The molecule has 1 aromatic heterocycles. The van der Waals surface area contributed by atoms with Crippen LogP contribution in [-0.4, -0.2) is 38.1 Å². The van der Waals surface area contributed by atoms with E-state index in [-0.39, 0.29) is 35.0 Å². The number of fused-ring (bicyclic) bond motifs is 4. The number of hydrogen-bond acceptors (Lipinski definition) is 8. The van der Waals surface area contributed by atoms with E-state index in [9.17, 15) is 14.4 Å². The molecule has 2 aliphatic heterocycles. The van der Waals surface area contributed by atoms with Gasteiger partial charge in [-0.2, -0.15) is 0 Å². The van der Waals surface area contributed by atoms with Gasteiger partial charge < -0.3 is 28.7 Å². The Bertz CT molecular complexity index is 1770. The van der Waals surface area contributed by atoms with Crippen LogP contribution in [0.3, 0.4) is 0 Å². The molecule has 1 N–H and O–H groups in total. The second-order valence-electron chi connectivity index (χ2n) is 9.09. The Morgan fingerprint density at radius 3 is 2.46 bits per heavy atom. The summed E-state index contributed by atoms with van der Waals surface area (Å²) in [6.45, 7) is 0. The summed E-state index contributed by atoms with van der Waals surface area (Å²) >= 11 is 0. The summed E-state index contributed by atoms with van der Waals surface area (Å²) in [6, 6.07) is 15.7. The lowest BCUT2D eigenvalue weighted by Gasteiger charge is -2.26. The lowest BCUT2D eigenvalue weighted by atomic mass is 9.85. The van der Waals surface area contributed by atoms with Crippen LogP contribution in [0.4, 0.5) is 0 Å². The minimum atomic E-state index is -0.674. The van der Waals surface area contributed by atoms with E-state index < -0.39 is 11.9 Å². The maximum absolute atomic E-state index is 13.4. The number of pyridine rings is 1. The second-order valence-corrected chi connectivity index (χ2v) is 9.09. The van der Waals surface area contributed by atoms with Crippen LogP contribution in [0.2, 0.25) is 0 Å². The third kappa shape index (κ3) is 3.90. The summed E-state index contributed by atoms with van der Waals surface area (Å²) in [6.07, 6.45) is 1.48. The first kappa shape index (κ1) is 24.3. The number of methoxy groups -OCH3 is 3. The highest BCUT2D eigenvalue weighted by molar-refractivity contribution is 6.15. The number of carbonyl (C=O) groups is 2. The highest BCUT2D eigenvalue weighted by atomic mass is 16.5. The third-order valence-corrected chi connectivity index (χ3v) is 6.96. The summed E-state index contributed by atoms with van der Waals surface area (Å²) in [5.41, 5.74) is 2.06. The number of carbonyl (C=O) groups excluding carboxylic acids is 2. The van der Waals surface area contributed by atoms with Gasteiger partial charge in [0.2, 0.25) is 11.5 Å². The number of hydrogen-bond donors (Lipinski definition) is 1. The Balaban J connectivity index is 1.48. The molecular weight excluding hydrogens is 502 g/mol. The molecule has 9 heteroatoms. The number of allylic oxidation sites excluding steroid dienone is 1. The molecule has 2 aliphatic rings. The van der Waals surface area contributed by atoms with Crippen LogP contribution < -0.4 is 29.2 Å². The fourth-order valence-corrected chi connectivity index (χ4v) is 5.17. The maximum atomic E-state index is 13.4. The number of H-pyrrole nitrogens is 1. The largest absolute Gasteiger partial charge is 0.493 e. The molecule has 3 aromatic carbocycles. The number of benzene rings is 3. The van der Waals surface area contributed by atoms with Crippen molar-refractivity contribution in [2.24, 2.45) is 0 Å². The first-order chi connectivity index (χ1) is 18.9. The molecule has 6 rings (SSSR count). The average Bonchev–Trinajstić information content (AvgIpc) is 3.26. The Morgan fingerprint density at radius 2 is 1.69 bits per heavy atom. The fraction of sp³-hybridized carbons (Fsp3) is 0.167. The molecular formula is C30H23NO8. The van der Waals surface area contributed by atoms with Gasteiger partial charge in [0.15, 0.2) is 17.3 Å². The summed E-state index contributed by atoms with van der Waals surface area (Å²) in [5.74, 6) is 0.263. The number of aromatic nitrogens is 1. The third-order valence-electron chi connectivity index (χ3n) is 6.96. The smallest absolute Gasteiger partial charge is 0.312 e. The Hall–Kier alpha value is -5.05. The van der Waals surface area contributed by atoms with Crippen molar-refractivity contribution in [3.8, 4) is 28.7 Å². The van der Waals surface area contributed by atoms with Gasteiger partial charge in [-0.15, -0.1) is 0 Å². The lowest BCUT2D eigenvalue weighted by molar-refractivity contribution is -0.135. The van der Waals surface area contributed by atoms with E-state index in [0.717, 1.165) is 5.39 Å². The molecule has 0 saturated carbocycles. The van der Waals surface area contributed by atoms with Crippen molar-refractivity contribution < 1.29 is 33.3 Å². The van der Waals surface area contributed by atoms with E-state index in [1.807, 2.05) is 24.3 Å². The molecule has 0 bridgehead atoms. The van der Waals surface area contributed by atoms with Gasteiger partial charge >= 0.3 is 5.97 Å². The predicted octanol–water partition coefficient (Wildman–Crippen LogP) is 4.61. The van der Waals surface area contributed by atoms with E-state index >= 15 is 0 Å². The van der Waals surface area contributed by atoms with Gasteiger partial charge in [-0.3, -0.25) is 14.4 Å². The zero-order valence-corrected chi connectivity index (χ0v) is 21.3. The van der Waals surface area contributed by atoms with Crippen LogP contribution in [0.25, 0.3) is 17.0 Å². The van der Waals surface area contributed by atoms with Crippen LogP contribution in [0.1, 0.15) is 39.4 Å². The van der Waals surface area contributed by atoms with E-state index in [0.29, 0.717) is 45.0 Å². The van der Waals surface area contributed by atoms with Gasteiger partial charge in [0.1, 0.15) is 11.5 Å². The Kier molecular flexibility index (Phi) is 5.83. The SMILES string of the molecule is COc1ccc(/C=C2/Oc3c(ccc4c3[C@H](c3cc5ccccc5[nH]c3=O)CC(=O)O4)C2=O)c(OC)c1OC. The van der Waals surface area contributed by atoms with E-state index in [4.69, 9.17) is 23.7 Å². The number of ketones is 1. The topological polar surface area (TPSA) is 113 Å². The van der Waals surface area contributed by atoms with Gasteiger partial charge in [-0.25, -0.2) is 0 Å². The molecule has 39 heavy (non-hydrogen) atoms. The summed E-state index contributed by atoms with van der Waals surface area (Å²) in [7, 11) is 4.50. The molecule has 4 aromatic rings. The summed E-state index contributed by atoms with van der Waals surface area (Å²) < 4.78 is 28.0. The molecule has 196 valence electrons. The van der Waals surface area contributed by atoms with Crippen LogP contribution in [0.5, 0.6) is 28.7 Å². The minimum absolute atomic E-state index is 0.0481. The van der Waals surface area contributed by atoms with Crippen LogP contribution in [-0.2, 0) is 4.79 Å². The molecule has 0 fully saturated rings. The van der Waals surface area contributed by atoms with E-state index in [1.54, 1.807) is 36.4 Å². The Labute approximate surface area is 222 Å². The van der Waals surface area contributed by atoms with Gasteiger partial charge in [0.05, 0.1) is 33.3 Å². The van der Waals surface area contributed by atoms with E-state index in [1.165, 1.54) is 21.3 Å². The van der Waals surface area contributed by atoms with Crippen LogP contribution in [0, 0.1) is 0 Å². The quantitative estimate of drug-likeness (QED) is 0.228. The molecule has 0 saturated heterocycles. The minimum Gasteiger partial charge on any atom is -0.493 e. The molecule has 0 radical (unpaired) electrons. The van der Waals surface area contributed by atoms with Crippen molar-refractivity contribution >= 4 is 28.7 Å². The first-order valence-corrected chi connectivity index (χ1v) is 12.2. The normalized spacial score (nSPS) is 16.9. The van der Waals surface area contributed by atoms with Gasteiger partial charge in [0.25, 0.3) is 5.56 Å². The molecule has 1 atom stereocenters. The molecule has 0 amide bonds. The predicted molar refractivity (Wildman–Crippen MR) is 142 cm³/mol. The number of nitrogens with one attached hydrogen (secondary N) is 1. The zero-order chi connectivity index (χ0) is 27.3. The van der Waals surface area contributed by atoms with Gasteiger partial charge in [-0.1, -0.05) is 18.2 Å². The standard InChI is InChI=1S/C30H23NO8/c1-35-22-10-8-16(27(36-2)29(22)37-3)13-23-26(33)17-9-11-21-25(28(17)39-23)18(14-24(32)38-21)19-12-15-6-4-5-7-20(15)31-30(19)34/h4-13,18H,14H2,1-3H3,(H,31,34)/b23-13+/t18-/m0/s1. The monoisotopic (exact) mass is 525 g/mol. The molecule has 0 aliphatic carbocycles. The number of esters is 1. The summed E-state index contributed by atoms with van der Waals surface area (Å²) in [5, 5.41) is 0.818. The number of aromatic amines is 1. The first-order valence-electron chi connectivity index (χ1n) is 12.2. The highest BCUT2D eigenvalue weighted by Gasteiger charge is 2.39. The maximum Gasteiger partial charge on any atom is 0.312 e. The fourth-order valence-electron chi connectivity index (χ4n) is 5.17. The Morgan fingerprint density at radius 1 is 0.897 bits per heavy atom. The van der Waals surface area contributed by atoms with Crippen LogP contribution in [0.15, 0.2) is 65.2 Å². The summed E-state index contributed by atoms with van der Waals surface area (Å²) in [4.78, 5) is 42.0. The number of rotatable bonds is 5. The number of para-hydroxylation sites is 1. The lowest BCUT2D eigenvalue weighted by Crippen LogP contribution is -2.26. The second kappa shape index (κ2) is 9.36. The van der Waals surface area contributed by atoms with Crippen LogP contribution >= 0.6 is 0 Å². The molecule has 9 nitrogen and oxygen atoms in total. The molecule has 0 spiro atoms. The van der Waals surface area contributed by atoms with Crippen molar-refractivity contribution in [1.29, 1.82) is 0 Å². The van der Waals surface area contributed by atoms with Crippen molar-refractivity contribution in [2.75, 3.05) is 21.3 Å². The highest BCUT2D eigenvalue weighted by Crippen LogP contribution is 2.49. The molecule has 0 unspecified atom stereocenters. The van der Waals surface area contributed by atoms with E-state index in [2.05, 4.69) is 4.98 Å². The van der Waals surface area contributed by atoms with Crippen molar-refractivity contribution in [3.05, 3.63) is 93.0 Å². The zero-order valence-electron chi connectivity index (χ0n) is 21.3. The van der Waals surface area contributed by atoms with Crippen molar-refractivity contribution in [1.82, 2.24) is 4.98 Å². The molecule has 3 heterocycles. The van der Waals surface area contributed by atoms with Gasteiger partial charge in [0, 0.05) is 28.1 Å². The van der Waals surface area contributed by atoms with Crippen molar-refractivity contribution in [3.63, 3.8) is 0 Å². The number of Topliss-reactive ketones (excluding diaryl/α,β-unsaturated/α-hetero) is 1. The average molecular weight is 526 g/mol. The number of ether oxygens (including phenoxy) is 5. The van der Waals surface area contributed by atoms with Gasteiger partial charge in [-0.05, 0) is 47.9 Å².